The zero-order chi connectivity index (χ0) is 19.7. The minimum Gasteiger partial charge on any atom is -0.454 e. The second kappa shape index (κ2) is 7.73. The minimum atomic E-state index is -0.754. The van der Waals surface area contributed by atoms with Gasteiger partial charge in [0.2, 0.25) is 0 Å². The number of benzene rings is 1. The van der Waals surface area contributed by atoms with Gasteiger partial charge in [-0.15, -0.1) is 0 Å². The lowest BCUT2D eigenvalue weighted by atomic mass is 9.75. The van der Waals surface area contributed by atoms with E-state index in [1.807, 2.05) is 0 Å². The molecule has 0 spiro atoms. The van der Waals surface area contributed by atoms with Crippen LogP contribution < -0.4 is 0 Å². The van der Waals surface area contributed by atoms with E-state index >= 15 is 0 Å². The van der Waals surface area contributed by atoms with Gasteiger partial charge in [0.25, 0.3) is 17.7 Å². The van der Waals surface area contributed by atoms with Crippen molar-refractivity contribution in [1.29, 1.82) is 0 Å². The molecule has 7 heteroatoms. The van der Waals surface area contributed by atoms with Crippen LogP contribution in [0, 0.1) is 11.8 Å². The van der Waals surface area contributed by atoms with Gasteiger partial charge in [-0.3, -0.25) is 24.1 Å². The van der Waals surface area contributed by atoms with Crippen LogP contribution in [0.1, 0.15) is 52.8 Å². The molecule has 0 N–H and O–H groups in total. The van der Waals surface area contributed by atoms with Gasteiger partial charge in [0.15, 0.2) is 6.61 Å². The average molecular weight is 384 g/mol. The number of ether oxygens (including phenoxy) is 1. The first-order chi connectivity index (χ1) is 13.5. The van der Waals surface area contributed by atoms with Crippen LogP contribution >= 0.6 is 0 Å². The Labute approximate surface area is 163 Å². The quantitative estimate of drug-likeness (QED) is 0.584. The summed E-state index contributed by atoms with van der Waals surface area (Å²) >= 11 is 0. The molecule has 1 aromatic rings. The van der Waals surface area contributed by atoms with Gasteiger partial charge < -0.3 is 9.64 Å². The highest BCUT2D eigenvalue weighted by Crippen LogP contribution is 2.36. The lowest BCUT2D eigenvalue weighted by Crippen LogP contribution is -2.46. The number of esters is 1. The number of carbonyl (C=O) groups is 4. The van der Waals surface area contributed by atoms with E-state index in [4.69, 9.17) is 4.74 Å². The standard InChI is InChI=1S/C21H24N2O5/c24-18(22-10-9-14-5-1-2-6-15(14)11-22)13-28-19(25)12-23-20(26)16-7-3-4-8-17(16)21(23)27/h3-4,7-8,14-15H,1-2,5-6,9-13H2/t14-,15-/m0/s1. The van der Waals surface area contributed by atoms with Crippen LogP contribution in [0.4, 0.5) is 0 Å². The number of fused-ring (bicyclic) bond motifs is 2. The first-order valence-corrected chi connectivity index (χ1v) is 9.93. The molecule has 1 aromatic carbocycles. The zero-order valence-electron chi connectivity index (χ0n) is 15.8. The summed E-state index contributed by atoms with van der Waals surface area (Å²) in [5, 5.41) is 0. The largest absolute Gasteiger partial charge is 0.454 e. The van der Waals surface area contributed by atoms with Gasteiger partial charge in [0.1, 0.15) is 6.54 Å². The van der Waals surface area contributed by atoms with Crippen LogP contribution in [0.2, 0.25) is 0 Å². The summed E-state index contributed by atoms with van der Waals surface area (Å²) in [6.07, 6.45) is 5.93. The molecule has 28 heavy (non-hydrogen) atoms. The van der Waals surface area contributed by atoms with E-state index in [1.54, 1.807) is 29.2 Å². The Morgan fingerprint density at radius 3 is 2.29 bits per heavy atom. The Morgan fingerprint density at radius 2 is 1.61 bits per heavy atom. The van der Waals surface area contributed by atoms with Crippen molar-refractivity contribution >= 4 is 23.7 Å². The van der Waals surface area contributed by atoms with Crippen LogP contribution in [0.5, 0.6) is 0 Å². The normalized spacial score (nSPS) is 24.0. The summed E-state index contributed by atoms with van der Waals surface area (Å²) < 4.78 is 5.07. The van der Waals surface area contributed by atoms with E-state index in [-0.39, 0.29) is 23.6 Å². The number of amides is 3. The lowest BCUT2D eigenvalue weighted by Gasteiger charge is -2.41. The topological polar surface area (TPSA) is 84.0 Å². The summed E-state index contributed by atoms with van der Waals surface area (Å²) in [7, 11) is 0. The van der Waals surface area contributed by atoms with Crippen molar-refractivity contribution in [3.63, 3.8) is 0 Å². The SMILES string of the molecule is O=C(CN1C(=O)c2ccccc2C1=O)OCC(=O)N1CC[C@@H]2CCCC[C@H]2C1. The van der Waals surface area contributed by atoms with Crippen molar-refractivity contribution < 1.29 is 23.9 Å². The van der Waals surface area contributed by atoms with Crippen LogP contribution in [0.25, 0.3) is 0 Å². The second-order valence-corrected chi connectivity index (χ2v) is 7.84. The Kier molecular flexibility index (Phi) is 5.15. The highest BCUT2D eigenvalue weighted by molar-refractivity contribution is 6.22. The fraction of sp³-hybridized carbons (Fsp3) is 0.524. The smallest absolute Gasteiger partial charge is 0.326 e. The molecular formula is C21H24N2O5. The Morgan fingerprint density at radius 1 is 0.964 bits per heavy atom. The van der Waals surface area contributed by atoms with Crippen LogP contribution in [0.3, 0.4) is 0 Å². The van der Waals surface area contributed by atoms with E-state index < -0.39 is 24.3 Å². The third-order valence-electron chi connectivity index (χ3n) is 6.17. The Balaban J connectivity index is 1.27. The number of piperidine rings is 1. The molecule has 3 amide bonds. The van der Waals surface area contributed by atoms with Crippen molar-refractivity contribution in [2.24, 2.45) is 11.8 Å². The first-order valence-electron chi connectivity index (χ1n) is 9.93. The fourth-order valence-corrected chi connectivity index (χ4v) is 4.62. The fourth-order valence-electron chi connectivity index (χ4n) is 4.62. The van der Waals surface area contributed by atoms with E-state index in [0.29, 0.717) is 18.4 Å². The number of rotatable bonds is 4. The Hall–Kier alpha value is -2.70. The maximum absolute atomic E-state index is 12.4. The number of likely N-dealkylation sites (tertiary alicyclic amines) is 1. The van der Waals surface area contributed by atoms with Gasteiger partial charge in [0, 0.05) is 13.1 Å². The van der Waals surface area contributed by atoms with E-state index in [9.17, 15) is 19.2 Å². The molecule has 2 heterocycles. The number of nitrogens with zero attached hydrogens (tertiary/aromatic N) is 2. The lowest BCUT2D eigenvalue weighted by molar-refractivity contribution is -0.153. The average Bonchev–Trinajstić information content (AvgIpc) is 2.97. The van der Waals surface area contributed by atoms with E-state index in [0.717, 1.165) is 24.3 Å². The molecule has 4 rings (SSSR count). The summed E-state index contributed by atoms with van der Waals surface area (Å²) in [4.78, 5) is 51.8. The van der Waals surface area contributed by atoms with Crippen molar-refractivity contribution in [2.45, 2.75) is 32.1 Å². The predicted octanol–water partition coefficient (Wildman–Crippen LogP) is 1.86. The highest BCUT2D eigenvalue weighted by atomic mass is 16.5. The van der Waals surface area contributed by atoms with Gasteiger partial charge in [-0.05, 0) is 36.8 Å². The van der Waals surface area contributed by atoms with Gasteiger partial charge in [0.05, 0.1) is 11.1 Å². The molecule has 2 atom stereocenters. The molecule has 1 saturated heterocycles. The van der Waals surface area contributed by atoms with E-state index in [2.05, 4.69) is 0 Å². The molecule has 148 valence electrons. The van der Waals surface area contributed by atoms with Gasteiger partial charge in [-0.1, -0.05) is 31.4 Å². The van der Waals surface area contributed by atoms with Gasteiger partial charge in [-0.2, -0.15) is 0 Å². The maximum Gasteiger partial charge on any atom is 0.326 e. The van der Waals surface area contributed by atoms with E-state index in [1.165, 1.54) is 19.3 Å². The van der Waals surface area contributed by atoms with Crippen molar-refractivity contribution in [1.82, 2.24) is 9.80 Å². The maximum atomic E-state index is 12.4. The number of imide groups is 1. The van der Waals surface area contributed by atoms with Crippen molar-refractivity contribution in [3.8, 4) is 0 Å². The number of hydrogen-bond donors (Lipinski definition) is 0. The Bertz CT molecular complexity index is 786. The molecule has 7 nitrogen and oxygen atoms in total. The summed E-state index contributed by atoms with van der Waals surface area (Å²) in [5.74, 6) is -0.712. The molecule has 2 aliphatic heterocycles. The number of hydrogen-bond acceptors (Lipinski definition) is 5. The molecule has 0 unspecified atom stereocenters. The molecular weight excluding hydrogens is 360 g/mol. The predicted molar refractivity (Wildman–Crippen MR) is 99.4 cm³/mol. The molecule has 2 fully saturated rings. The number of carbonyl (C=O) groups excluding carboxylic acids is 4. The van der Waals surface area contributed by atoms with Crippen LogP contribution in [-0.2, 0) is 14.3 Å². The summed E-state index contributed by atoms with van der Waals surface area (Å²) in [6.45, 7) is 0.610. The first kappa shape index (κ1) is 18.7. The monoisotopic (exact) mass is 384 g/mol. The minimum absolute atomic E-state index is 0.209. The van der Waals surface area contributed by atoms with Crippen molar-refractivity contribution in [2.75, 3.05) is 26.2 Å². The highest BCUT2D eigenvalue weighted by Gasteiger charge is 2.37. The van der Waals surface area contributed by atoms with Crippen LogP contribution in [-0.4, -0.2) is 59.7 Å². The molecule has 0 aromatic heterocycles. The van der Waals surface area contributed by atoms with Gasteiger partial charge in [-0.25, -0.2) is 0 Å². The molecule has 3 aliphatic rings. The zero-order valence-corrected chi connectivity index (χ0v) is 15.8. The third-order valence-corrected chi connectivity index (χ3v) is 6.17. The molecule has 0 bridgehead atoms. The molecule has 0 radical (unpaired) electrons. The molecule has 1 saturated carbocycles. The van der Waals surface area contributed by atoms with Gasteiger partial charge >= 0.3 is 5.97 Å². The summed E-state index contributed by atoms with van der Waals surface area (Å²) in [5.41, 5.74) is 0.568. The third kappa shape index (κ3) is 3.53. The second-order valence-electron chi connectivity index (χ2n) is 7.84. The van der Waals surface area contributed by atoms with Crippen LogP contribution in [0.15, 0.2) is 24.3 Å². The molecule has 1 aliphatic carbocycles. The summed E-state index contributed by atoms with van der Waals surface area (Å²) in [6, 6.07) is 6.44. The van der Waals surface area contributed by atoms with Crippen molar-refractivity contribution in [3.05, 3.63) is 35.4 Å².